The van der Waals surface area contributed by atoms with Crippen LogP contribution >= 0.6 is 0 Å². The van der Waals surface area contributed by atoms with Crippen molar-refractivity contribution in [3.8, 4) is 0 Å². The fourth-order valence-corrected chi connectivity index (χ4v) is 4.64. The van der Waals surface area contributed by atoms with E-state index in [0.29, 0.717) is 11.3 Å². The Bertz CT molecular complexity index is 1360. The van der Waals surface area contributed by atoms with Crippen LogP contribution in [-0.2, 0) is 21.4 Å². The molecule has 1 amide bonds. The second-order valence-corrected chi connectivity index (χ2v) is 9.62. The van der Waals surface area contributed by atoms with E-state index in [9.17, 15) is 13.2 Å². The summed E-state index contributed by atoms with van der Waals surface area (Å²) in [6, 6.07) is 21.9. The molecule has 4 aromatic rings. The maximum Gasteiger partial charge on any atom is 0.247 e. The minimum Gasteiger partial charge on any atom is -0.341 e. The van der Waals surface area contributed by atoms with Gasteiger partial charge >= 0.3 is 0 Å². The van der Waals surface area contributed by atoms with E-state index in [1.807, 2.05) is 36.4 Å². The quantitative estimate of drug-likeness (QED) is 0.488. The standard InChI is InChI=1S/C24H25N3O3S/c1-4-27-21-13-9-8-12-19(21)20-16-18(14-15-22(20)27)25-24(28)23(26(2)31(3,29)30)17-10-6-5-7-11-17/h5-16,23H,4H2,1-3H3,(H,25,28). The van der Waals surface area contributed by atoms with E-state index < -0.39 is 22.0 Å². The van der Waals surface area contributed by atoms with E-state index in [4.69, 9.17) is 0 Å². The third-order valence-corrected chi connectivity index (χ3v) is 6.86. The van der Waals surface area contributed by atoms with Crippen LogP contribution in [0.3, 0.4) is 0 Å². The number of hydrogen-bond donors (Lipinski definition) is 1. The summed E-state index contributed by atoms with van der Waals surface area (Å²) < 4.78 is 27.7. The molecule has 0 aliphatic heterocycles. The number of hydrogen-bond acceptors (Lipinski definition) is 3. The third-order valence-electron chi connectivity index (χ3n) is 5.61. The van der Waals surface area contributed by atoms with E-state index in [1.54, 1.807) is 24.3 Å². The summed E-state index contributed by atoms with van der Waals surface area (Å²) in [6.45, 7) is 2.94. The minimum absolute atomic E-state index is 0.405. The molecule has 31 heavy (non-hydrogen) atoms. The predicted octanol–water partition coefficient (Wildman–Crippen LogP) is 4.39. The van der Waals surface area contributed by atoms with Gasteiger partial charge in [0, 0.05) is 41.1 Å². The minimum atomic E-state index is -3.58. The van der Waals surface area contributed by atoms with Gasteiger partial charge in [-0.15, -0.1) is 0 Å². The Labute approximate surface area is 182 Å². The maximum absolute atomic E-state index is 13.2. The molecule has 6 nitrogen and oxygen atoms in total. The van der Waals surface area contributed by atoms with E-state index >= 15 is 0 Å². The fourth-order valence-electron chi connectivity index (χ4n) is 4.04. The number of fused-ring (bicyclic) bond motifs is 3. The van der Waals surface area contributed by atoms with Crippen molar-refractivity contribution in [2.75, 3.05) is 18.6 Å². The number of sulfonamides is 1. The Kier molecular flexibility index (Phi) is 5.56. The largest absolute Gasteiger partial charge is 0.341 e. The number of anilines is 1. The molecule has 1 N–H and O–H groups in total. The number of carbonyl (C=O) groups is 1. The summed E-state index contributed by atoms with van der Waals surface area (Å²) in [7, 11) is -2.16. The first kappa shape index (κ1) is 21.1. The number of likely N-dealkylation sites (N-methyl/N-ethyl adjacent to an activating group) is 1. The number of rotatable bonds is 6. The van der Waals surface area contributed by atoms with Crippen molar-refractivity contribution in [1.29, 1.82) is 0 Å². The van der Waals surface area contributed by atoms with Crippen molar-refractivity contribution in [2.24, 2.45) is 0 Å². The molecule has 0 saturated heterocycles. The summed E-state index contributed by atoms with van der Waals surface area (Å²) in [5.74, 6) is -0.405. The molecule has 0 radical (unpaired) electrons. The molecule has 3 aromatic carbocycles. The molecule has 1 aromatic heterocycles. The summed E-state index contributed by atoms with van der Waals surface area (Å²) in [5, 5.41) is 5.08. The zero-order valence-electron chi connectivity index (χ0n) is 17.7. The lowest BCUT2D eigenvalue weighted by Crippen LogP contribution is -2.38. The van der Waals surface area contributed by atoms with E-state index in [1.165, 1.54) is 7.05 Å². The lowest BCUT2D eigenvalue weighted by atomic mass is 10.1. The summed E-state index contributed by atoms with van der Waals surface area (Å²) in [6.07, 6.45) is 1.10. The number of benzene rings is 3. The molecule has 4 rings (SSSR count). The Morgan fingerprint density at radius 2 is 1.61 bits per heavy atom. The smallest absolute Gasteiger partial charge is 0.247 e. The normalized spacial score (nSPS) is 13.0. The zero-order valence-corrected chi connectivity index (χ0v) is 18.6. The summed E-state index contributed by atoms with van der Waals surface area (Å²) >= 11 is 0. The molecular weight excluding hydrogens is 410 g/mol. The van der Waals surface area contributed by atoms with Crippen molar-refractivity contribution in [3.05, 3.63) is 78.4 Å². The van der Waals surface area contributed by atoms with Crippen LogP contribution in [0.2, 0.25) is 0 Å². The van der Waals surface area contributed by atoms with Crippen molar-refractivity contribution >= 4 is 43.4 Å². The van der Waals surface area contributed by atoms with Crippen LogP contribution in [0.4, 0.5) is 5.69 Å². The van der Waals surface area contributed by atoms with Crippen LogP contribution in [0.1, 0.15) is 18.5 Å². The monoisotopic (exact) mass is 435 g/mol. The van der Waals surface area contributed by atoms with Gasteiger partial charge in [-0.25, -0.2) is 8.42 Å². The highest BCUT2D eigenvalue weighted by atomic mass is 32.2. The first-order chi connectivity index (χ1) is 14.8. The van der Waals surface area contributed by atoms with Gasteiger partial charge in [0.25, 0.3) is 0 Å². The Morgan fingerprint density at radius 3 is 2.29 bits per heavy atom. The van der Waals surface area contributed by atoms with Gasteiger partial charge in [0.1, 0.15) is 6.04 Å². The van der Waals surface area contributed by atoms with Gasteiger partial charge in [-0.2, -0.15) is 4.31 Å². The van der Waals surface area contributed by atoms with Gasteiger partial charge in [-0.05, 0) is 36.8 Å². The Balaban J connectivity index is 1.74. The Morgan fingerprint density at radius 1 is 0.968 bits per heavy atom. The SMILES string of the molecule is CCn1c2ccccc2c2cc(NC(=O)C(c3ccccc3)N(C)S(C)(=O)=O)ccc21. The predicted molar refractivity (Wildman–Crippen MR) is 126 cm³/mol. The molecule has 0 saturated carbocycles. The number of carbonyl (C=O) groups excluding carboxylic acids is 1. The molecule has 0 bridgehead atoms. The van der Waals surface area contributed by atoms with Gasteiger partial charge in [0.15, 0.2) is 0 Å². The van der Waals surface area contributed by atoms with Crippen LogP contribution < -0.4 is 5.32 Å². The zero-order chi connectivity index (χ0) is 22.2. The van der Waals surface area contributed by atoms with Crippen molar-refractivity contribution < 1.29 is 13.2 Å². The molecule has 0 aliphatic rings. The fraction of sp³-hybridized carbons (Fsp3) is 0.208. The molecule has 160 valence electrons. The van der Waals surface area contributed by atoms with Gasteiger partial charge in [0.05, 0.1) is 6.26 Å². The molecule has 0 aliphatic carbocycles. The van der Waals surface area contributed by atoms with E-state index in [-0.39, 0.29) is 0 Å². The van der Waals surface area contributed by atoms with Crippen LogP contribution in [0.5, 0.6) is 0 Å². The first-order valence-corrected chi connectivity index (χ1v) is 12.0. The van der Waals surface area contributed by atoms with Gasteiger partial charge < -0.3 is 9.88 Å². The number of nitrogens with zero attached hydrogens (tertiary/aromatic N) is 2. The van der Waals surface area contributed by atoms with Crippen LogP contribution in [0, 0.1) is 0 Å². The maximum atomic E-state index is 13.2. The van der Waals surface area contributed by atoms with Crippen LogP contribution in [0.25, 0.3) is 21.8 Å². The molecule has 1 heterocycles. The van der Waals surface area contributed by atoms with E-state index in [2.05, 4.69) is 28.9 Å². The van der Waals surface area contributed by atoms with Gasteiger partial charge in [0.2, 0.25) is 15.9 Å². The van der Waals surface area contributed by atoms with Gasteiger partial charge in [-0.3, -0.25) is 4.79 Å². The van der Waals surface area contributed by atoms with Crippen molar-refractivity contribution in [1.82, 2.24) is 8.87 Å². The molecule has 0 fully saturated rings. The third kappa shape index (κ3) is 3.94. The van der Waals surface area contributed by atoms with Gasteiger partial charge in [-0.1, -0.05) is 48.5 Å². The number of para-hydroxylation sites is 1. The number of amides is 1. The van der Waals surface area contributed by atoms with Crippen molar-refractivity contribution in [2.45, 2.75) is 19.5 Å². The second-order valence-electron chi connectivity index (χ2n) is 7.58. The summed E-state index contributed by atoms with van der Waals surface area (Å²) in [5.41, 5.74) is 3.47. The van der Waals surface area contributed by atoms with Crippen LogP contribution in [-0.4, -0.2) is 36.5 Å². The van der Waals surface area contributed by atoms with E-state index in [0.717, 1.165) is 38.9 Å². The molecular formula is C24H25N3O3S. The Hall–Kier alpha value is -3.16. The summed E-state index contributed by atoms with van der Waals surface area (Å²) in [4.78, 5) is 13.2. The molecule has 7 heteroatoms. The van der Waals surface area contributed by atoms with Crippen LogP contribution in [0.15, 0.2) is 72.8 Å². The van der Waals surface area contributed by atoms with Crippen molar-refractivity contribution in [3.63, 3.8) is 0 Å². The highest BCUT2D eigenvalue weighted by Gasteiger charge is 2.30. The average molecular weight is 436 g/mol. The number of aromatic nitrogens is 1. The highest BCUT2D eigenvalue weighted by Crippen LogP contribution is 2.31. The highest BCUT2D eigenvalue weighted by molar-refractivity contribution is 7.88. The molecule has 1 unspecified atom stereocenters. The first-order valence-electron chi connectivity index (χ1n) is 10.1. The topological polar surface area (TPSA) is 71.4 Å². The molecule has 0 spiro atoms. The number of aryl methyl sites for hydroxylation is 1. The lowest BCUT2D eigenvalue weighted by Gasteiger charge is -2.25. The average Bonchev–Trinajstić information content (AvgIpc) is 3.07. The number of nitrogens with one attached hydrogen (secondary N) is 1. The molecule has 1 atom stereocenters. The lowest BCUT2D eigenvalue weighted by molar-refractivity contribution is -0.119. The second kappa shape index (κ2) is 8.17.